The van der Waals surface area contributed by atoms with Crippen LogP contribution in [0.4, 0.5) is 0 Å². The number of hydrogen-bond acceptors (Lipinski definition) is 4. The summed E-state index contributed by atoms with van der Waals surface area (Å²) in [6.07, 6.45) is 1.31. The van der Waals surface area contributed by atoms with Crippen LogP contribution in [0.5, 0.6) is 5.75 Å². The average Bonchev–Trinajstić information content (AvgIpc) is 2.94. The van der Waals surface area contributed by atoms with Gasteiger partial charge in [0.2, 0.25) is 5.82 Å². The van der Waals surface area contributed by atoms with E-state index >= 15 is 0 Å². The second kappa shape index (κ2) is 5.99. The minimum absolute atomic E-state index is 0.203. The van der Waals surface area contributed by atoms with E-state index in [1.807, 2.05) is 31.2 Å². The summed E-state index contributed by atoms with van der Waals surface area (Å²) in [7, 11) is 1.70. The molecule has 0 unspecified atom stereocenters. The Hall–Kier alpha value is -2.37. The summed E-state index contributed by atoms with van der Waals surface area (Å²) in [4.78, 5) is 17.2. The van der Waals surface area contributed by atoms with E-state index in [0.717, 1.165) is 11.3 Å². The lowest BCUT2D eigenvalue weighted by molar-refractivity contribution is 0.0762. The molecule has 1 heterocycles. The molecule has 19 heavy (non-hydrogen) atoms. The summed E-state index contributed by atoms with van der Waals surface area (Å²) in [6.45, 7) is 2.90. The molecule has 1 N–H and O–H groups in total. The Balaban J connectivity index is 1.83. The maximum absolute atomic E-state index is 11.9. The number of aromatic nitrogens is 3. The van der Waals surface area contributed by atoms with Crippen molar-refractivity contribution in [1.29, 1.82) is 0 Å². The van der Waals surface area contributed by atoms with Gasteiger partial charge in [-0.05, 0) is 18.6 Å². The molecule has 0 aliphatic heterocycles. The number of carbonyl (C=O) groups is 1. The maximum Gasteiger partial charge on any atom is 0.291 e. The first-order chi connectivity index (χ1) is 9.18. The smallest absolute Gasteiger partial charge is 0.291 e. The van der Waals surface area contributed by atoms with Gasteiger partial charge in [-0.25, -0.2) is 4.98 Å². The van der Waals surface area contributed by atoms with Gasteiger partial charge in [-0.2, -0.15) is 5.10 Å². The van der Waals surface area contributed by atoms with Crippen molar-refractivity contribution in [2.75, 3.05) is 20.2 Å². The highest BCUT2D eigenvalue weighted by atomic mass is 16.5. The normalized spacial score (nSPS) is 10.2. The minimum Gasteiger partial charge on any atom is -0.491 e. The second-order valence-corrected chi connectivity index (χ2v) is 4.17. The molecule has 100 valence electrons. The number of nitrogens with one attached hydrogen (secondary N) is 1. The van der Waals surface area contributed by atoms with Crippen LogP contribution in [0.3, 0.4) is 0 Å². The van der Waals surface area contributed by atoms with Crippen LogP contribution in [0.15, 0.2) is 30.6 Å². The molecule has 1 amide bonds. The third-order valence-electron chi connectivity index (χ3n) is 2.74. The number of aryl methyl sites for hydroxylation is 1. The third kappa shape index (κ3) is 3.31. The van der Waals surface area contributed by atoms with E-state index in [1.165, 1.54) is 6.33 Å². The standard InChI is InChI=1S/C13H16N4O2/c1-10-5-3-4-6-11(10)19-8-7-17(2)13(18)12-14-9-15-16-12/h3-6,9H,7-8H2,1-2H3,(H,14,15,16). The zero-order valence-electron chi connectivity index (χ0n) is 11.0. The van der Waals surface area contributed by atoms with Gasteiger partial charge in [0.1, 0.15) is 18.7 Å². The fourth-order valence-corrected chi connectivity index (χ4v) is 1.60. The highest BCUT2D eigenvalue weighted by Gasteiger charge is 2.14. The number of para-hydroxylation sites is 1. The number of carbonyl (C=O) groups excluding carboxylic acids is 1. The number of nitrogens with zero attached hydrogens (tertiary/aromatic N) is 3. The number of hydrogen-bond donors (Lipinski definition) is 1. The molecule has 2 rings (SSSR count). The summed E-state index contributed by atoms with van der Waals surface area (Å²) < 4.78 is 5.63. The maximum atomic E-state index is 11.9. The van der Waals surface area contributed by atoms with Crippen LogP contribution in [0, 0.1) is 6.92 Å². The number of rotatable bonds is 5. The number of H-pyrrole nitrogens is 1. The van der Waals surface area contributed by atoms with Gasteiger partial charge in [0.05, 0.1) is 6.54 Å². The van der Waals surface area contributed by atoms with E-state index in [0.29, 0.717) is 13.2 Å². The topological polar surface area (TPSA) is 71.1 Å². The van der Waals surface area contributed by atoms with Gasteiger partial charge < -0.3 is 9.64 Å². The predicted molar refractivity (Wildman–Crippen MR) is 70.0 cm³/mol. The van der Waals surface area contributed by atoms with E-state index in [9.17, 15) is 4.79 Å². The zero-order valence-corrected chi connectivity index (χ0v) is 11.0. The Bertz CT molecular complexity index is 539. The third-order valence-corrected chi connectivity index (χ3v) is 2.74. The lowest BCUT2D eigenvalue weighted by Gasteiger charge is -2.16. The van der Waals surface area contributed by atoms with Crippen molar-refractivity contribution < 1.29 is 9.53 Å². The van der Waals surface area contributed by atoms with Crippen LogP contribution in [0.2, 0.25) is 0 Å². The Kier molecular flexibility index (Phi) is 4.12. The molecule has 0 aliphatic carbocycles. The molecular formula is C13H16N4O2. The van der Waals surface area contributed by atoms with Crippen molar-refractivity contribution in [2.24, 2.45) is 0 Å². The first kappa shape index (κ1) is 13.1. The van der Waals surface area contributed by atoms with Gasteiger partial charge in [-0.1, -0.05) is 18.2 Å². The van der Waals surface area contributed by atoms with E-state index < -0.39 is 0 Å². The minimum atomic E-state index is -0.203. The lowest BCUT2D eigenvalue weighted by Crippen LogP contribution is -2.31. The molecule has 2 aromatic rings. The van der Waals surface area contributed by atoms with Crippen molar-refractivity contribution in [3.63, 3.8) is 0 Å². The molecule has 1 aromatic carbocycles. The largest absolute Gasteiger partial charge is 0.491 e. The fourth-order valence-electron chi connectivity index (χ4n) is 1.60. The monoisotopic (exact) mass is 260 g/mol. The molecule has 0 radical (unpaired) electrons. The number of amides is 1. The summed E-state index contributed by atoms with van der Waals surface area (Å²) in [5, 5.41) is 6.19. The predicted octanol–water partition coefficient (Wildman–Crippen LogP) is 1.26. The van der Waals surface area contributed by atoms with E-state index in [1.54, 1.807) is 11.9 Å². The van der Waals surface area contributed by atoms with Gasteiger partial charge in [-0.15, -0.1) is 0 Å². The van der Waals surface area contributed by atoms with Crippen molar-refractivity contribution in [1.82, 2.24) is 20.1 Å². The van der Waals surface area contributed by atoms with Crippen LogP contribution in [-0.4, -0.2) is 46.2 Å². The molecule has 1 aromatic heterocycles. The van der Waals surface area contributed by atoms with Crippen molar-refractivity contribution >= 4 is 5.91 Å². The zero-order chi connectivity index (χ0) is 13.7. The van der Waals surface area contributed by atoms with Gasteiger partial charge in [0, 0.05) is 7.05 Å². The molecule has 0 aliphatic rings. The van der Waals surface area contributed by atoms with Crippen LogP contribution in [0.1, 0.15) is 16.2 Å². The molecule has 0 fully saturated rings. The summed E-state index contributed by atoms with van der Waals surface area (Å²) in [6, 6.07) is 7.78. The molecule has 0 saturated carbocycles. The number of ether oxygens (including phenoxy) is 1. The van der Waals surface area contributed by atoms with Crippen LogP contribution in [0.25, 0.3) is 0 Å². The molecular weight excluding hydrogens is 244 g/mol. The fraction of sp³-hybridized carbons (Fsp3) is 0.308. The van der Waals surface area contributed by atoms with Crippen LogP contribution >= 0.6 is 0 Å². The summed E-state index contributed by atoms with van der Waals surface area (Å²) in [5.41, 5.74) is 1.08. The van der Waals surface area contributed by atoms with Crippen molar-refractivity contribution in [3.05, 3.63) is 42.0 Å². The summed E-state index contributed by atoms with van der Waals surface area (Å²) in [5.74, 6) is 0.868. The van der Waals surface area contributed by atoms with Crippen molar-refractivity contribution in [2.45, 2.75) is 6.92 Å². The molecule has 0 spiro atoms. The van der Waals surface area contributed by atoms with E-state index in [2.05, 4.69) is 15.2 Å². The van der Waals surface area contributed by atoms with Crippen LogP contribution < -0.4 is 4.74 Å². The highest BCUT2D eigenvalue weighted by Crippen LogP contribution is 2.15. The molecule has 6 heteroatoms. The second-order valence-electron chi connectivity index (χ2n) is 4.17. The van der Waals surface area contributed by atoms with Gasteiger partial charge in [-0.3, -0.25) is 9.89 Å². The molecule has 0 bridgehead atoms. The van der Waals surface area contributed by atoms with Crippen molar-refractivity contribution in [3.8, 4) is 5.75 Å². The average molecular weight is 260 g/mol. The first-order valence-electron chi connectivity index (χ1n) is 5.97. The van der Waals surface area contributed by atoms with Crippen LogP contribution in [-0.2, 0) is 0 Å². The van der Waals surface area contributed by atoms with Gasteiger partial charge in [0.25, 0.3) is 5.91 Å². The molecule has 0 saturated heterocycles. The SMILES string of the molecule is Cc1ccccc1OCCN(C)C(=O)c1ncn[nH]1. The van der Waals surface area contributed by atoms with Gasteiger partial charge >= 0.3 is 0 Å². The molecule has 6 nitrogen and oxygen atoms in total. The first-order valence-corrected chi connectivity index (χ1v) is 5.97. The highest BCUT2D eigenvalue weighted by molar-refractivity contribution is 5.90. The number of likely N-dealkylation sites (N-methyl/N-ethyl adjacent to an activating group) is 1. The summed E-state index contributed by atoms with van der Waals surface area (Å²) >= 11 is 0. The Morgan fingerprint density at radius 2 is 2.21 bits per heavy atom. The Morgan fingerprint density at radius 3 is 2.89 bits per heavy atom. The molecule has 0 atom stereocenters. The van der Waals surface area contributed by atoms with Gasteiger partial charge in [0.15, 0.2) is 0 Å². The lowest BCUT2D eigenvalue weighted by atomic mass is 10.2. The Morgan fingerprint density at radius 1 is 1.42 bits per heavy atom. The number of aromatic amines is 1. The van der Waals surface area contributed by atoms with E-state index in [-0.39, 0.29) is 11.7 Å². The Labute approximate surface area is 111 Å². The quantitative estimate of drug-likeness (QED) is 0.878. The van der Waals surface area contributed by atoms with E-state index in [4.69, 9.17) is 4.74 Å². The number of benzene rings is 1.